The molecule has 3 heterocycles. The summed E-state index contributed by atoms with van der Waals surface area (Å²) in [5.41, 5.74) is 1.68. The molecule has 8 nitrogen and oxygen atoms in total. The number of hydrogen-bond donors (Lipinski definition) is 1. The van der Waals surface area contributed by atoms with Crippen LogP contribution in [-0.2, 0) is 14.6 Å². The Kier molecular flexibility index (Phi) is 5.25. The molecule has 0 aliphatic carbocycles. The summed E-state index contributed by atoms with van der Waals surface area (Å²) in [6.07, 6.45) is 5.00. The lowest BCUT2D eigenvalue weighted by atomic mass is 10.1. The van der Waals surface area contributed by atoms with Crippen LogP contribution in [0.2, 0.25) is 0 Å². The van der Waals surface area contributed by atoms with Crippen molar-refractivity contribution in [3.63, 3.8) is 0 Å². The van der Waals surface area contributed by atoms with Gasteiger partial charge in [-0.05, 0) is 36.8 Å². The molecular formula is C21H18N4O4S. The van der Waals surface area contributed by atoms with Gasteiger partial charge in [0, 0.05) is 17.8 Å². The highest BCUT2D eigenvalue weighted by atomic mass is 32.2. The van der Waals surface area contributed by atoms with E-state index < -0.39 is 21.8 Å². The van der Waals surface area contributed by atoms with Crippen LogP contribution in [0.25, 0.3) is 23.2 Å². The lowest BCUT2D eigenvalue weighted by Crippen LogP contribution is -2.36. The molecule has 0 saturated carbocycles. The number of nitrogens with zero attached hydrogens (tertiary/aromatic N) is 3. The molecule has 1 aliphatic heterocycles. The smallest absolute Gasteiger partial charge is 0.262 e. The number of para-hydroxylation sites is 1. The summed E-state index contributed by atoms with van der Waals surface area (Å²) in [4.78, 5) is 12.6. The Bertz CT molecular complexity index is 1240. The van der Waals surface area contributed by atoms with Crippen molar-refractivity contribution in [2.45, 2.75) is 12.5 Å². The Morgan fingerprint density at radius 1 is 1.27 bits per heavy atom. The van der Waals surface area contributed by atoms with Gasteiger partial charge in [0.2, 0.25) is 0 Å². The summed E-state index contributed by atoms with van der Waals surface area (Å²) in [6, 6.07) is 14.3. The largest absolute Gasteiger partial charge is 0.463 e. The van der Waals surface area contributed by atoms with E-state index in [1.165, 1.54) is 12.3 Å². The topological polar surface area (TPSA) is 118 Å². The second kappa shape index (κ2) is 8.00. The van der Waals surface area contributed by atoms with Crippen LogP contribution >= 0.6 is 0 Å². The molecule has 0 radical (unpaired) electrons. The number of benzene rings is 1. The summed E-state index contributed by atoms with van der Waals surface area (Å²) >= 11 is 0. The molecule has 30 heavy (non-hydrogen) atoms. The molecule has 0 unspecified atom stereocenters. The molecule has 4 rings (SSSR count). The van der Waals surface area contributed by atoms with E-state index in [2.05, 4.69) is 10.4 Å². The van der Waals surface area contributed by atoms with Crippen LogP contribution in [0.4, 0.5) is 0 Å². The normalized spacial score (nSPS) is 18.1. The molecule has 1 atom stereocenters. The van der Waals surface area contributed by atoms with Gasteiger partial charge in [0.25, 0.3) is 5.91 Å². The Labute approximate surface area is 173 Å². The van der Waals surface area contributed by atoms with E-state index in [0.717, 1.165) is 5.69 Å². The van der Waals surface area contributed by atoms with Gasteiger partial charge in [-0.15, -0.1) is 0 Å². The van der Waals surface area contributed by atoms with Crippen LogP contribution in [0, 0.1) is 11.3 Å². The van der Waals surface area contributed by atoms with E-state index in [0.29, 0.717) is 23.4 Å². The molecule has 3 aromatic rings. The first-order valence-electron chi connectivity index (χ1n) is 9.27. The van der Waals surface area contributed by atoms with Gasteiger partial charge in [-0.1, -0.05) is 18.2 Å². The quantitative estimate of drug-likeness (QED) is 0.498. The summed E-state index contributed by atoms with van der Waals surface area (Å²) in [6.45, 7) is 0. The zero-order valence-electron chi connectivity index (χ0n) is 15.9. The van der Waals surface area contributed by atoms with Gasteiger partial charge in [0.1, 0.15) is 17.3 Å². The predicted octanol–water partition coefficient (Wildman–Crippen LogP) is 2.34. The third-order valence-corrected chi connectivity index (χ3v) is 6.52. The molecule has 2 aromatic heterocycles. The first kappa shape index (κ1) is 19.7. The monoisotopic (exact) mass is 422 g/mol. The summed E-state index contributed by atoms with van der Waals surface area (Å²) < 4.78 is 30.3. The highest BCUT2D eigenvalue weighted by Gasteiger charge is 2.29. The molecule has 1 aliphatic rings. The fourth-order valence-corrected chi connectivity index (χ4v) is 4.96. The minimum Gasteiger partial charge on any atom is -0.463 e. The average Bonchev–Trinajstić information content (AvgIpc) is 3.46. The Morgan fingerprint density at radius 3 is 2.70 bits per heavy atom. The van der Waals surface area contributed by atoms with Crippen LogP contribution < -0.4 is 5.32 Å². The maximum atomic E-state index is 12.6. The molecule has 0 bridgehead atoms. The fourth-order valence-electron chi connectivity index (χ4n) is 3.29. The van der Waals surface area contributed by atoms with Crippen molar-refractivity contribution in [3.05, 3.63) is 66.1 Å². The minimum absolute atomic E-state index is 0.0377. The lowest BCUT2D eigenvalue weighted by Gasteiger charge is -2.09. The van der Waals surface area contributed by atoms with Crippen LogP contribution in [0.3, 0.4) is 0 Å². The molecule has 0 spiro atoms. The fraction of sp³-hybridized carbons (Fsp3) is 0.190. The van der Waals surface area contributed by atoms with Gasteiger partial charge in [-0.3, -0.25) is 4.79 Å². The van der Waals surface area contributed by atoms with Gasteiger partial charge in [-0.25, -0.2) is 13.1 Å². The van der Waals surface area contributed by atoms with Crippen molar-refractivity contribution in [3.8, 4) is 23.2 Å². The Hall–Kier alpha value is -3.64. The zero-order chi connectivity index (χ0) is 21.1. The van der Waals surface area contributed by atoms with E-state index in [1.807, 2.05) is 36.4 Å². The van der Waals surface area contributed by atoms with Crippen LogP contribution in [0.5, 0.6) is 0 Å². The van der Waals surface area contributed by atoms with Crippen molar-refractivity contribution in [1.29, 1.82) is 5.26 Å². The Balaban J connectivity index is 1.67. The molecule has 9 heteroatoms. The molecule has 152 valence electrons. The highest BCUT2D eigenvalue weighted by Crippen LogP contribution is 2.26. The SMILES string of the molecule is N#C/C(=C\c1cn(-c2ccccc2)nc1-c1ccco1)C(=O)N[C@H]1CCS(=O)(=O)C1. The number of rotatable bonds is 5. The number of nitriles is 1. The molecule has 1 saturated heterocycles. The Morgan fingerprint density at radius 2 is 2.07 bits per heavy atom. The maximum absolute atomic E-state index is 12.6. The third-order valence-electron chi connectivity index (χ3n) is 4.75. The standard InChI is InChI=1S/C21H18N4O4S/c22-12-15(21(26)23-17-8-10-30(27,28)14-17)11-16-13-25(18-5-2-1-3-6-18)24-20(16)19-7-4-9-29-19/h1-7,9,11,13,17H,8,10,14H2,(H,23,26)/b15-11+/t17-/m0/s1. The number of hydrogen-bond acceptors (Lipinski definition) is 6. The van der Waals surface area contributed by atoms with Gasteiger partial charge >= 0.3 is 0 Å². The predicted molar refractivity (Wildman–Crippen MR) is 110 cm³/mol. The number of aromatic nitrogens is 2. The number of amides is 1. The number of carbonyl (C=O) groups excluding carboxylic acids is 1. The van der Waals surface area contributed by atoms with Crippen LogP contribution in [0.15, 0.2) is 64.9 Å². The zero-order valence-corrected chi connectivity index (χ0v) is 16.7. The second-order valence-corrected chi connectivity index (χ2v) is 9.16. The van der Waals surface area contributed by atoms with Gasteiger partial charge in [0.15, 0.2) is 15.6 Å². The van der Waals surface area contributed by atoms with E-state index in [9.17, 15) is 18.5 Å². The van der Waals surface area contributed by atoms with Crippen molar-refractivity contribution < 1.29 is 17.6 Å². The molecular weight excluding hydrogens is 404 g/mol. The van der Waals surface area contributed by atoms with E-state index in [-0.39, 0.29) is 17.1 Å². The van der Waals surface area contributed by atoms with Crippen LogP contribution in [-0.4, -0.2) is 41.7 Å². The summed E-state index contributed by atoms with van der Waals surface area (Å²) in [7, 11) is -3.14. The minimum atomic E-state index is -3.14. The highest BCUT2D eigenvalue weighted by molar-refractivity contribution is 7.91. The molecule has 1 amide bonds. The van der Waals surface area contributed by atoms with Gasteiger partial charge in [0.05, 0.1) is 23.5 Å². The molecule has 1 fully saturated rings. The number of carbonyl (C=O) groups is 1. The first-order chi connectivity index (χ1) is 14.4. The number of furan rings is 1. The van der Waals surface area contributed by atoms with Crippen molar-refractivity contribution in [2.75, 3.05) is 11.5 Å². The maximum Gasteiger partial charge on any atom is 0.262 e. The van der Waals surface area contributed by atoms with Crippen molar-refractivity contribution >= 4 is 21.8 Å². The summed E-state index contributed by atoms with van der Waals surface area (Å²) in [5.74, 6) is -0.190. The van der Waals surface area contributed by atoms with E-state index in [1.54, 1.807) is 23.0 Å². The van der Waals surface area contributed by atoms with E-state index in [4.69, 9.17) is 4.42 Å². The first-order valence-corrected chi connectivity index (χ1v) is 11.1. The molecule has 1 aromatic carbocycles. The van der Waals surface area contributed by atoms with Gasteiger partial charge < -0.3 is 9.73 Å². The number of nitrogens with one attached hydrogen (secondary N) is 1. The molecule has 1 N–H and O–H groups in total. The third kappa shape index (κ3) is 4.18. The van der Waals surface area contributed by atoms with Crippen molar-refractivity contribution in [2.24, 2.45) is 0 Å². The van der Waals surface area contributed by atoms with Crippen LogP contribution in [0.1, 0.15) is 12.0 Å². The van der Waals surface area contributed by atoms with Gasteiger partial charge in [-0.2, -0.15) is 10.4 Å². The lowest BCUT2D eigenvalue weighted by molar-refractivity contribution is -0.117. The average molecular weight is 422 g/mol. The van der Waals surface area contributed by atoms with Crippen molar-refractivity contribution in [1.82, 2.24) is 15.1 Å². The number of sulfone groups is 1. The van der Waals surface area contributed by atoms with E-state index >= 15 is 0 Å². The summed E-state index contributed by atoms with van der Waals surface area (Å²) in [5, 5.41) is 16.7. The second-order valence-electron chi connectivity index (χ2n) is 6.93.